The number of para-hydroxylation sites is 1. The molecule has 1 aliphatic rings. The van der Waals surface area contributed by atoms with E-state index < -0.39 is 60.1 Å². The summed E-state index contributed by atoms with van der Waals surface area (Å²) >= 11 is 0. The second-order valence-corrected chi connectivity index (χ2v) is 12.5. The summed E-state index contributed by atoms with van der Waals surface area (Å²) in [6.07, 6.45) is 1.13. The highest BCUT2D eigenvalue weighted by Gasteiger charge is 2.32. The molecule has 0 saturated heterocycles. The van der Waals surface area contributed by atoms with Gasteiger partial charge in [-0.25, -0.2) is 0 Å². The van der Waals surface area contributed by atoms with Crippen LogP contribution in [0.5, 0.6) is 11.5 Å². The number of phenolic OH excluding ortho intramolecular Hbond substituents is 1. The maximum absolute atomic E-state index is 13.7. The molecule has 3 rings (SSSR count). The minimum Gasteiger partial charge on any atom is -0.508 e. The minimum atomic E-state index is -1.26. The third-order valence-corrected chi connectivity index (χ3v) is 7.63. The number of rotatable bonds is 9. The van der Waals surface area contributed by atoms with E-state index in [1.807, 2.05) is 19.0 Å². The molecule has 0 radical (unpaired) electrons. The zero-order valence-corrected chi connectivity index (χ0v) is 27.8. The van der Waals surface area contributed by atoms with Crippen molar-refractivity contribution in [3.8, 4) is 11.5 Å². The summed E-state index contributed by atoms with van der Waals surface area (Å²) in [5, 5.41) is 23.6. The fourth-order valence-electron chi connectivity index (χ4n) is 5.01. The van der Waals surface area contributed by atoms with Gasteiger partial charge < -0.3 is 41.3 Å². The number of unbranched alkanes of at least 4 members (excludes halogenated alkanes) is 1. The number of carbonyl (C=O) groups is 5. The molecule has 0 aliphatic carbocycles. The van der Waals surface area contributed by atoms with Crippen LogP contribution in [-0.2, 0) is 25.6 Å². The Hall–Kier alpha value is -4.65. The van der Waals surface area contributed by atoms with Crippen LogP contribution in [0.15, 0.2) is 48.5 Å². The third-order valence-electron chi connectivity index (χ3n) is 7.63. The SMILES string of the molecule is CC(C)[C@H]1NC(=O)[C@H](Cc2ccc(O)cc2)NC(=O)C[C@@H](C(=O)NCCCCN(C)C)NC(=O)c2ccccc2OC[C@H](C)NC1=O. The predicted molar refractivity (Wildman–Crippen MR) is 177 cm³/mol. The Balaban J connectivity index is 1.94. The Morgan fingerprint density at radius 1 is 0.957 bits per heavy atom. The van der Waals surface area contributed by atoms with Crippen LogP contribution in [0, 0.1) is 5.92 Å². The number of hydrogen-bond donors (Lipinski definition) is 6. The minimum absolute atomic E-state index is 0.0230. The third kappa shape index (κ3) is 11.9. The second-order valence-electron chi connectivity index (χ2n) is 12.5. The fourth-order valence-corrected chi connectivity index (χ4v) is 5.01. The molecule has 0 saturated carbocycles. The van der Waals surface area contributed by atoms with Gasteiger partial charge in [0.15, 0.2) is 0 Å². The van der Waals surface area contributed by atoms with E-state index in [0.717, 1.165) is 13.0 Å². The maximum atomic E-state index is 13.7. The van der Waals surface area contributed by atoms with Gasteiger partial charge in [0.05, 0.1) is 18.0 Å². The van der Waals surface area contributed by atoms with Crippen LogP contribution in [0.1, 0.15) is 56.0 Å². The average molecular weight is 653 g/mol. The van der Waals surface area contributed by atoms with E-state index >= 15 is 0 Å². The molecule has 256 valence electrons. The van der Waals surface area contributed by atoms with Crippen molar-refractivity contribution in [2.45, 2.75) is 70.6 Å². The van der Waals surface area contributed by atoms with Crippen molar-refractivity contribution in [2.75, 3.05) is 33.8 Å². The summed E-state index contributed by atoms with van der Waals surface area (Å²) in [5.41, 5.74) is 0.795. The first-order valence-corrected chi connectivity index (χ1v) is 16.0. The van der Waals surface area contributed by atoms with E-state index in [-0.39, 0.29) is 36.0 Å². The molecule has 2 aromatic rings. The number of aromatic hydroxyl groups is 1. The molecule has 47 heavy (non-hydrogen) atoms. The molecule has 0 unspecified atom stereocenters. The van der Waals surface area contributed by atoms with Gasteiger partial charge in [-0.15, -0.1) is 0 Å². The quantitative estimate of drug-likeness (QED) is 0.218. The van der Waals surface area contributed by atoms with Gasteiger partial charge in [-0.2, -0.15) is 0 Å². The molecule has 0 bridgehead atoms. The maximum Gasteiger partial charge on any atom is 0.255 e. The summed E-state index contributed by atoms with van der Waals surface area (Å²) in [4.78, 5) is 69.3. The molecule has 1 heterocycles. The standard InChI is InChI=1S/C34H48N6O7/c1-21(2)30-34(46)36-22(3)20-47-28-11-7-6-10-25(28)31(43)38-27(32(44)35-16-8-9-17-40(4)5)19-29(42)37-26(33(45)39-30)18-23-12-14-24(41)15-13-23/h6-7,10-15,21-22,26-27,30,41H,8-9,16-20H2,1-5H3,(H,35,44)(H,36,46)(H,37,42)(H,38,43)(H,39,45)/t22-,26-,27-,30+/m0/s1. The second kappa shape index (κ2) is 17.9. The Kier molecular flexibility index (Phi) is 14.0. The van der Waals surface area contributed by atoms with E-state index in [1.165, 1.54) is 12.1 Å². The molecule has 13 heteroatoms. The summed E-state index contributed by atoms with van der Waals surface area (Å²) in [6.45, 7) is 6.53. The molecular weight excluding hydrogens is 604 g/mol. The lowest BCUT2D eigenvalue weighted by atomic mass is 10.0. The highest BCUT2D eigenvalue weighted by molar-refractivity contribution is 6.01. The summed E-state index contributed by atoms with van der Waals surface area (Å²) < 4.78 is 5.92. The molecule has 13 nitrogen and oxygen atoms in total. The van der Waals surface area contributed by atoms with Crippen molar-refractivity contribution < 1.29 is 33.8 Å². The highest BCUT2D eigenvalue weighted by atomic mass is 16.5. The Morgan fingerprint density at radius 2 is 1.66 bits per heavy atom. The van der Waals surface area contributed by atoms with E-state index in [0.29, 0.717) is 18.5 Å². The number of carbonyl (C=O) groups excluding carboxylic acids is 5. The fraction of sp³-hybridized carbons (Fsp3) is 0.500. The van der Waals surface area contributed by atoms with Crippen molar-refractivity contribution >= 4 is 29.5 Å². The van der Waals surface area contributed by atoms with Gasteiger partial charge in [0, 0.05) is 13.0 Å². The van der Waals surface area contributed by atoms with Crippen molar-refractivity contribution in [3.05, 3.63) is 59.7 Å². The number of ether oxygens (including phenoxy) is 1. The first-order chi connectivity index (χ1) is 22.3. The predicted octanol–water partition coefficient (Wildman–Crippen LogP) is 1.10. The molecule has 0 aromatic heterocycles. The Labute approximate surface area is 276 Å². The van der Waals surface area contributed by atoms with Crippen LogP contribution in [0.3, 0.4) is 0 Å². The van der Waals surface area contributed by atoms with Gasteiger partial charge in [-0.05, 0) is 76.2 Å². The smallest absolute Gasteiger partial charge is 0.255 e. The zero-order chi connectivity index (χ0) is 34.5. The normalized spacial score (nSPS) is 21.4. The number of amides is 5. The first-order valence-electron chi connectivity index (χ1n) is 16.0. The van der Waals surface area contributed by atoms with Crippen molar-refractivity contribution in [3.63, 3.8) is 0 Å². The van der Waals surface area contributed by atoms with Crippen molar-refractivity contribution in [1.29, 1.82) is 0 Å². The van der Waals surface area contributed by atoms with Crippen molar-refractivity contribution in [1.82, 2.24) is 31.5 Å². The van der Waals surface area contributed by atoms with Crippen LogP contribution in [0.25, 0.3) is 0 Å². The van der Waals surface area contributed by atoms with Crippen LogP contribution in [0.2, 0.25) is 0 Å². The summed E-state index contributed by atoms with van der Waals surface area (Å²) in [7, 11) is 3.92. The lowest BCUT2D eigenvalue weighted by Gasteiger charge is -2.27. The van der Waals surface area contributed by atoms with Gasteiger partial charge in [0.25, 0.3) is 5.91 Å². The molecule has 5 amide bonds. The molecule has 4 atom stereocenters. The lowest BCUT2D eigenvalue weighted by molar-refractivity contribution is -0.133. The van der Waals surface area contributed by atoms with Gasteiger partial charge in [0.2, 0.25) is 23.6 Å². The van der Waals surface area contributed by atoms with Crippen LogP contribution < -0.4 is 31.3 Å². The molecule has 6 N–H and O–H groups in total. The van der Waals surface area contributed by atoms with E-state index in [2.05, 4.69) is 26.6 Å². The first kappa shape index (κ1) is 36.8. The van der Waals surface area contributed by atoms with Crippen LogP contribution in [0.4, 0.5) is 0 Å². The van der Waals surface area contributed by atoms with Crippen LogP contribution >= 0.6 is 0 Å². The number of fused-ring (bicyclic) bond motifs is 1. The molecule has 0 spiro atoms. The monoisotopic (exact) mass is 652 g/mol. The van der Waals surface area contributed by atoms with Crippen molar-refractivity contribution in [2.24, 2.45) is 5.92 Å². The Bertz CT molecular complexity index is 1380. The zero-order valence-electron chi connectivity index (χ0n) is 27.8. The topological polar surface area (TPSA) is 178 Å². The van der Waals surface area contributed by atoms with Gasteiger partial charge >= 0.3 is 0 Å². The molecule has 1 aliphatic heterocycles. The number of hydrogen-bond acceptors (Lipinski definition) is 8. The largest absolute Gasteiger partial charge is 0.508 e. The van der Waals surface area contributed by atoms with E-state index in [4.69, 9.17) is 4.74 Å². The van der Waals surface area contributed by atoms with E-state index in [1.54, 1.807) is 57.2 Å². The molecule has 2 aromatic carbocycles. The molecular formula is C34H48N6O7. The van der Waals surface area contributed by atoms with Gasteiger partial charge in [-0.1, -0.05) is 38.1 Å². The average Bonchev–Trinajstić information content (AvgIpc) is 3.02. The number of nitrogens with zero attached hydrogens (tertiary/aromatic N) is 1. The van der Waals surface area contributed by atoms with Gasteiger partial charge in [0.1, 0.15) is 36.2 Å². The van der Waals surface area contributed by atoms with Gasteiger partial charge in [-0.3, -0.25) is 24.0 Å². The number of phenols is 1. The lowest BCUT2D eigenvalue weighted by Crippen LogP contribution is -2.57. The number of nitrogens with one attached hydrogen (secondary N) is 5. The van der Waals surface area contributed by atoms with E-state index in [9.17, 15) is 29.1 Å². The molecule has 0 fully saturated rings. The summed E-state index contributed by atoms with van der Waals surface area (Å²) in [5.74, 6) is -2.89. The highest BCUT2D eigenvalue weighted by Crippen LogP contribution is 2.19. The summed E-state index contributed by atoms with van der Waals surface area (Å²) in [6, 6.07) is 8.85. The number of benzene rings is 2. The Morgan fingerprint density at radius 3 is 2.34 bits per heavy atom. The van der Waals surface area contributed by atoms with Crippen LogP contribution in [-0.4, -0.2) is 97.5 Å².